The van der Waals surface area contributed by atoms with Crippen LogP contribution in [0.1, 0.15) is 50.5 Å². The number of aliphatic hydroxyl groups is 1. The van der Waals surface area contributed by atoms with Crippen molar-refractivity contribution in [3.8, 4) is 5.75 Å². The monoisotopic (exact) mass is 372 g/mol. The maximum Gasteiger partial charge on any atom is 0.119 e. The number of hydrogen-bond acceptors (Lipinski definition) is 4. The van der Waals surface area contributed by atoms with E-state index in [2.05, 4.69) is 34.1 Å². The van der Waals surface area contributed by atoms with Gasteiger partial charge in [-0.2, -0.15) is 0 Å². The Morgan fingerprint density at radius 1 is 0.963 bits per heavy atom. The van der Waals surface area contributed by atoms with Crippen molar-refractivity contribution in [1.82, 2.24) is 9.80 Å². The van der Waals surface area contributed by atoms with E-state index in [-0.39, 0.29) is 6.10 Å². The van der Waals surface area contributed by atoms with E-state index < -0.39 is 0 Å². The van der Waals surface area contributed by atoms with Gasteiger partial charge in [0.2, 0.25) is 0 Å². The van der Waals surface area contributed by atoms with Gasteiger partial charge in [0, 0.05) is 19.6 Å². The lowest BCUT2D eigenvalue weighted by molar-refractivity contribution is 0.161. The molecule has 4 heteroatoms. The van der Waals surface area contributed by atoms with Gasteiger partial charge in [-0.15, -0.1) is 0 Å². The average Bonchev–Trinajstić information content (AvgIpc) is 3.19. The maximum atomic E-state index is 9.80. The number of nitrogens with zero attached hydrogens (tertiary/aromatic N) is 2. The number of unbranched alkanes of at least 4 members (excludes halogenated alkanes) is 1. The Morgan fingerprint density at radius 2 is 1.74 bits per heavy atom. The Morgan fingerprint density at radius 3 is 2.52 bits per heavy atom. The maximum absolute atomic E-state index is 9.80. The highest BCUT2D eigenvalue weighted by atomic mass is 16.5. The highest BCUT2D eigenvalue weighted by molar-refractivity contribution is 5.28. The smallest absolute Gasteiger partial charge is 0.119 e. The van der Waals surface area contributed by atoms with Gasteiger partial charge < -0.3 is 14.7 Å². The molecule has 0 spiro atoms. The third kappa shape index (κ3) is 5.46. The zero-order chi connectivity index (χ0) is 18.5. The number of rotatable bonds is 8. The number of ether oxygens (including phenoxy) is 1. The normalized spacial score (nSPS) is 29.1. The lowest BCUT2D eigenvalue weighted by Gasteiger charge is -2.26. The Balaban J connectivity index is 1.16. The van der Waals surface area contributed by atoms with E-state index >= 15 is 0 Å². The zero-order valence-electron chi connectivity index (χ0n) is 16.7. The largest absolute Gasteiger partial charge is 0.494 e. The Kier molecular flexibility index (Phi) is 6.69. The summed E-state index contributed by atoms with van der Waals surface area (Å²) in [5, 5.41) is 9.80. The van der Waals surface area contributed by atoms with Crippen molar-refractivity contribution in [3.05, 3.63) is 29.8 Å². The van der Waals surface area contributed by atoms with Crippen molar-refractivity contribution in [2.24, 2.45) is 11.8 Å². The van der Waals surface area contributed by atoms with Crippen LogP contribution in [0.4, 0.5) is 0 Å². The molecule has 27 heavy (non-hydrogen) atoms. The molecule has 3 aliphatic rings. The van der Waals surface area contributed by atoms with E-state index in [0.29, 0.717) is 11.8 Å². The van der Waals surface area contributed by atoms with E-state index in [0.717, 1.165) is 51.3 Å². The summed E-state index contributed by atoms with van der Waals surface area (Å²) in [6.07, 6.45) is 8.50. The molecule has 1 aromatic carbocycles. The van der Waals surface area contributed by atoms with Gasteiger partial charge in [0.15, 0.2) is 0 Å². The van der Waals surface area contributed by atoms with Crippen LogP contribution in [0.5, 0.6) is 5.75 Å². The predicted octanol–water partition coefficient (Wildman–Crippen LogP) is 3.53. The molecule has 1 aromatic rings. The molecule has 1 N–H and O–H groups in total. The van der Waals surface area contributed by atoms with Gasteiger partial charge in [-0.05, 0) is 87.7 Å². The zero-order valence-corrected chi connectivity index (χ0v) is 16.7. The van der Waals surface area contributed by atoms with Crippen LogP contribution in [0.15, 0.2) is 24.3 Å². The fourth-order valence-electron chi connectivity index (χ4n) is 5.30. The van der Waals surface area contributed by atoms with Gasteiger partial charge in [-0.1, -0.05) is 18.6 Å². The van der Waals surface area contributed by atoms with Crippen LogP contribution >= 0.6 is 0 Å². The van der Waals surface area contributed by atoms with E-state index in [1.807, 2.05) is 0 Å². The van der Waals surface area contributed by atoms with Crippen LogP contribution in [-0.2, 0) is 6.54 Å². The summed E-state index contributed by atoms with van der Waals surface area (Å²) in [7, 11) is 0. The van der Waals surface area contributed by atoms with Gasteiger partial charge in [0.1, 0.15) is 5.75 Å². The van der Waals surface area contributed by atoms with Crippen molar-refractivity contribution in [3.63, 3.8) is 0 Å². The summed E-state index contributed by atoms with van der Waals surface area (Å²) in [5.74, 6) is 2.43. The summed E-state index contributed by atoms with van der Waals surface area (Å²) in [6.45, 7) is 7.93. The first-order valence-electron chi connectivity index (χ1n) is 11.1. The number of piperidine rings is 1. The fourth-order valence-corrected chi connectivity index (χ4v) is 5.30. The molecule has 1 saturated carbocycles. The average molecular weight is 373 g/mol. The van der Waals surface area contributed by atoms with Gasteiger partial charge in [0.05, 0.1) is 12.7 Å². The lowest BCUT2D eigenvalue weighted by Crippen LogP contribution is -2.30. The van der Waals surface area contributed by atoms with Crippen LogP contribution in [0.3, 0.4) is 0 Å². The van der Waals surface area contributed by atoms with E-state index in [9.17, 15) is 5.11 Å². The van der Waals surface area contributed by atoms with E-state index in [1.54, 1.807) is 0 Å². The van der Waals surface area contributed by atoms with Crippen molar-refractivity contribution in [2.45, 2.75) is 57.6 Å². The molecule has 3 fully saturated rings. The quantitative estimate of drug-likeness (QED) is 0.708. The first kappa shape index (κ1) is 19.2. The second-order valence-corrected chi connectivity index (χ2v) is 8.94. The first-order valence-corrected chi connectivity index (χ1v) is 11.1. The van der Waals surface area contributed by atoms with Crippen molar-refractivity contribution in [1.29, 1.82) is 0 Å². The minimum atomic E-state index is -0.0474. The molecule has 1 unspecified atom stereocenters. The highest BCUT2D eigenvalue weighted by Crippen LogP contribution is 2.38. The van der Waals surface area contributed by atoms with Crippen molar-refractivity contribution >= 4 is 0 Å². The summed E-state index contributed by atoms with van der Waals surface area (Å²) in [4.78, 5) is 5.16. The molecule has 150 valence electrons. The minimum absolute atomic E-state index is 0.0474. The van der Waals surface area contributed by atoms with E-state index in [1.165, 1.54) is 50.9 Å². The third-order valence-corrected chi connectivity index (χ3v) is 6.69. The molecule has 2 heterocycles. The number of benzene rings is 1. The number of hydrogen-bond donors (Lipinski definition) is 1. The molecule has 0 aromatic heterocycles. The molecule has 0 amide bonds. The molecular weight excluding hydrogens is 336 g/mol. The standard InChI is InChI=1S/C23H36N2O2/c26-22-14-20-17-25(18-21(20)15-22)16-19-7-6-8-23(13-19)27-12-5-4-11-24-9-2-1-3-10-24/h6-8,13,20-22,26H,1-5,9-12,14-18H2/t20-,21+,22?. The molecule has 3 atom stereocenters. The van der Waals surface area contributed by atoms with Crippen molar-refractivity contribution < 1.29 is 9.84 Å². The molecular formula is C23H36N2O2. The molecule has 2 saturated heterocycles. The molecule has 4 rings (SSSR count). The summed E-state index contributed by atoms with van der Waals surface area (Å²) in [6, 6.07) is 8.64. The highest BCUT2D eigenvalue weighted by Gasteiger charge is 2.39. The predicted molar refractivity (Wildman–Crippen MR) is 109 cm³/mol. The second kappa shape index (κ2) is 9.40. The third-order valence-electron chi connectivity index (χ3n) is 6.69. The number of aliphatic hydroxyl groups excluding tert-OH is 1. The van der Waals surface area contributed by atoms with Crippen LogP contribution < -0.4 is 4.74 Å². The molecule has 0 bridgehead atoms. The Labute approximate surface area is 164 Å². The van der Waals surface area contributed by atoms with Crippen LogP contribution in [0, 0.1) is 11.8 Å². The topological polar surface area (TPSA) is 35.9 Å². The SMILES string of the molecule is OC1C[C@@H]2CN(Cc3cccc(OCCCCN4CCCCC4)c3)C[C@@H]2C1. The molecule has 0 radical (unpaired) electrons. The molecule has 1 aliphatic carbocycles. The second-order valence-electron chi connectivity index (χ2n) is 8.94. The van der Waals surface area contributed by atoms with Gasteiger partial charge in [0.25, 0.3) is 0 Å². The van der Waals surface area contributed by atoms with Crippen LogP contribution in [-0.4, -0.2) is 60.3 Å². The van der Waals surface area contributed by atoms with Gasteiger partial charge in [-0.25, -0.2) is 0 Å². The van der Waals surface area contributed by atoms with Crippen molar-refractivity contribution in [2.75, 3.05) is 39.3 Å². The van der Waals surface area contributed by atoms with E-state index in [4.69, 9.17) is 4.74 Å². The summed E-state index contributed by atoms with van der Waals surface area (Å²) < 4.78 is 6.02. The lowest BCUT2D eigenvalue weighted by atomic mass is 10.0. The summed E-state index contributed by atoms with van der Waals surface area (Å²) in [5.41, 5.74) is 1.35. The Hall–Kier alpha value is -1.10. The Bertz CT molecular complexity index is 573. The fraction of sp³-hybridized carbons (Fsp3) is 0.739. The van der Waals surface area contributed by atoms with Gasteiger partial charge in [-0.3, -0.25) is 4.90 Å². The molecule has 2 aliphatic heterocycles. The minimum Gasteiger partial charge on any atom is -0.494 e. The molecule has 4 nitrogen and oxygen atoms in total. The number of fused-ring (bicyclic) bond motifs is 1. The van der Waals surface area contributed by atoms with Crippen LogP contribution in [0.2, 0.25) is 0 Å². The first-order chi connectivity index (χ1) is 13.3. The summed E-state index contributed by atoms with van der Waals surface area (Å²) >= 11 is 0. The van der Waals surface area contributed by atoms with Crippen LogP contribution in [0.25, 0.3) is 0 Å². The number of likely N-dealkylation sites (tertiary alicyclic amines) is 2. The van der Waals surface area contributed by atoms with Gasteiger partial charge >= 0.3 is 0 Å².